The molecule has 0 bridgehead atoms. The Bertz CT molecular complexity index is 788. The summed E-state index contributed by atoms with van der Waals surface area (Å²) in [5, 5.41) is 8.76. The Kier molecular flexibility index (Phi) is 4.29. The van der Waals surface area contributed by atoms with Gasteiger partial charge in [-0.2, -0.15) is 0 Å². The van der Waals surface area contributed by atoms with E-state index < -0.39 is 16.0 Å². The zero-order valence-corrected chi connectivity index (χ0v) is 13.3. The lowest BCUT2D eigenvalue weighted by molar-refractivity contribution is 0.0696. The van der Waals surface area contributed by atoms with Gasteiger partial charge in [0.15, 0.2) is 0 Å². The van der Waals surface area contributed by atoms with Crippen molar-refractivity contribution < 1.29 is 18.3 Å². The molecule has 0 saturated carbocycles. The first kappa shape index (κ1) is 15.5. The van der Waals surface area contributed by atoms with Crippen LogP contribution in [-0.4, -0.2) is 24.5 Å². The number of nitrogens with zero attached hydrogens (tertiary/aromatic N) is 1. The van der Waals surface area contributed by atoms with Crippen LogP contribution in [0.1, 0.15) is 15.9 Å². The van der Waals surface area contributed by atoms with Gasteiger partial charge in [0.05, 0.1) is 5.56 Å². The number of aryl methyl sites for hydroxylation is 1. The fraction of sp³-hybridized carbons (Fsp3) is 0.0769. The summed E-state index contributed by atoms with van der Waals surface area (Å²) in [6, 6.07) is 7.42. The minimum absolute atomic E-state index is 0.0190. The van der Waals surface area contributed by atoms with Gasteiger partial charge >= 0.3 is 5.97 Å². The fourth-order valence-electron chi connectivity index (χ4n) is 1.60. The number of nitrogens with one attached hydrogen (secondary N) is 1. The summed E-state index contributed by atoms with van der Waals surface area (Å²) in [6.45, 7) is 1.85. The van der Waals surface area contributed by atoms with E-state index in [4.69, 9.17) is 5.11 Å². The number of carboxylic acid groups (broad SMARTS) is 1. The number of halogens is 1. The summed E-state index contributed by atoms with van der Waals surface area (Å²) in [4.78, 5) is 14.6. The molecule has 0 aliphatic rings. The van der Waals surface area contributed by atoms with Crippen LogP contribution >= 0.6 is 15.9 Å². The molecule has 1 heterocycles. The number of benzene rings is 1. The van der Waals surface area contributed by atoms with Gasteiger partial charge in [0, 0.05) is 10.7 Å². The molecule has 21 heavy (non-hydrogen) atoms. The second-order valence-corrected chi connectivity index (χ2v) is 6.78. The molecule has 0 atom stereocenters. The number of aromatic carboxylic acids is 1. The summed E-state index contributed by atoms with van der Waals surface area (Å²) in [5.41, 5.74) is 0.902. The maximum atomic E-state index is 12.3. The van der Waals surface area contributed by atoms with E-state index in [-0.39, 0.29) is 16.3 Å². The predicted octanol–water partition coefficient (Wildman–Crippen LogP) is 2.65. The smallest absolute Gasteiger partial charge is 0.337 e. The van der Waals surface area contributed by atoms with Gasteiger partial charge < -0.3 is 5.11 Å². The van der Waals surface area contributed by atoms with Crippen molar-refractivity contribution in [2.24, 2.45) is 0 Å². The van der Waals surface area contributed by atoms with E-state index in [9.17, 15) is 13.2 Å². The van der Waals surface area contributed by atoms with Crippen LogP contribution in [0.5, 0.6) is 0 Å². The van der Waals surface area contributed by atoms with Gasteiger partial charge in [-0.1, -0.05) is 6.07 Å². The van der Waals surface area contributed by atoms with Gasteiger partial charge in [-0.25, -0.2) is 18.2 Å². The number of sulfonamides is 1. The van der Waals surface area contributed by atoms with Crippen molar-refractivity contribution in [1.29, 1.82) is 0 Å². The third-order valence-electron chi connectivity index (χ3n) is 2.63. The largest absolute Gasteiger partial charge is 0.478 e. The molecular formula is C13H11BrN2O4S. The second kappa shape index (κ2) is 5.82. The predicted molar refractivity (Wildman–Crippen MR) is 80.9 cm³/mol. The first-order valence-electron chi connectivity index (χ1n) is 5.78. The molecule has 0 amide bonds. The fourth-order valence-corrected chi connectivity index (χ4v) is 3.80. The van der Waals surface area contributed by atoms with Gasteiger partial charge in [-0.05, 0) is 52.7 Å². The number of anilines is 1. The van der Waals surface area contributed by atoms with Crippen LogP contribution in [0.4, 0.5) is 5.82 Å². The van der Waals surface area contributed by atoms with Gasteiger partial charge in [-0.15, -0.1) is 0 Å². The molecule has 0 spiro atoms. The Labute approximate surface area is 130 Å². The van der Waals surface area contributed by atoms with Crippen molar-refractivity contribution in [2.45, 2.75) is 11.8 Å². The molecule has 0 unspecified atom stereocenters. The van der Waals surface area contributed by atoms with Crippen molar-refractivity contribution in [3.63, 3.8) is 0 Å². The monoisotopic (exact) mass is 370 g/mol. The maximum Gasteiger partial charge on any atom is 0.337 e. The van der Waals surface area contributed by atoms with Gasteiger partial charge in [0.2, 0.25) is 0 Å². The van der Waals surface area contributed by atoms with E-state index >= 15 is 0 Å². The number of carbonyl (C=O) groups is 1. The van der Waals surface area contributed by atoms with Crippen molar-refractivity contribution in [3.05, 3.63) is 52.1 Å². The highest BCUT2D eigenvalue weighted by molar-refractivity contribution is 9.10. The van der Waals surface area contributed by atoms with Crippen molar-refractivity contribution >= 4 is 37.7 Å². The minimum Gasteiger partial charge on any atom is -0.478 e. The first-order valence-corrected chi connectivity index (χ1v) is 8.05. The molecule has 8 heteroatoms. The number of hydrogen-bond acceptors (Lipinski definition) is 4. The van der Waals surface area contributed by atoms with Crippen molar-refractivity contribution in [1.82, 2.24) is 4.98 Å². The summed E-state index contributed by atoms with van der Waals surface area (Å²) in [6.07, 6.45) is 1.09. The number of aromatic nitrogens is 1. The molecule has 1 aromatic carbocycles. The van der Waals surface area contributed by atoms with Gasteiger partial charge in [0.1, 0.15) is 10.7 Å². The normalized spacial score (nSPS) is 11.1. The first-order chi connectivity index (χ1) is 9.79. The number of rotatable bonds is 4. The van der Waals surface area contributed by atoms with Gasteiger partial charge in [-0.3, -0.25) is 4.72 Å². The summed E-state index contributed by atoms with van der Waals surface area (Å²) >= 11 is 3.21. The maximum absolute atomic E-state index is 12.3. The molecule has 6 nitrogen and oxygen atoms in total. The van der Waals surface area contributed by atoms with E-state index in [1.165, 1.54) is 18.2 Å². The molecule has 0 fully saturated rings. The highest BCUT2D eigenvalue weighted by Crippen LogP contribution is 2.24. The average molecular weight is 371 g/mol. The second-order valence-electron chi connectivity index (χ2n) is 4.28. The Balaban J connectivity index is 2.30. The third-order valence-corrected chi connectivity index (χ3v) is 4.96. The Morgan fingerprint density at radius 2 is 2.00 bits per heavy atom. The lowest BCUT2D eigenvalue weighted by Crippen LogP contribution is -2.14. The molecule has 0 radical (unpaired) electrons. The number of carboxylic acids is 1. The van der Waals surface area contributed by atoms with Crippen LogP contribution in [0.3, 0.4) is 0 Å². The molecular weight excluding hydrogens is 360 g/mol. The highest BCUT2D eigenvalue weighted by Gasteiger charge is 2.18. The molecule has 0 saturated heterocycles. The van der Waals surface area contributed by atoms with Crippen LogP contribution in [0.2, 0.25) is 0 Å². The standard InChI is InChI=1S/C13H11BrN2O4S/c1-8-2-4-11(10(14)6-8)21(19,20)16-12-5-3-9(7-15-12)13(17)18/h2-7H,1H3,(H,15,16)(H,17,18). The Morgan fingerprint density at radius 1 is 1.29 bits per heavy atom. The lowest BCUT2D eigenvalue weighted by Gasteiger charge is -2.09. The zero-order chi connectivity index (χ0) is 15.6. The molecule has 2 N–H and O–H groups in total. The van der Waals surface area contributed by atoms with Crippen LogP contribution in [0.25, 0.3) is 0 Å². The third kappa shape index (κ3) is 3.59. The van der Waals surface area contributed by atoms with E-state index in [1.54, 1.807) is 12.1 Å². The quantitative estimate of drug-likeness (QED) is 0.862. The molecule has 1 aromatic heterocycles. The van der Waals surface area contributed by atoms with E-state index in [0.29, 0.717) is 4.47 Å². The van der Waals surface area contributed by atoms with Crippen LogP contribution < -0.4 is 4.72 Å². The Morgan fingerprint density at radius 3 is 2.52 bits per heavy atom. The molecule has 110 valence electrons. The van der Waals surface area contributed by atoms with E-state index in [1.807, 2.05) is 6.92 Å². The van der Waals surface area contributed by atoms with Gasteiger partial charge in [0.25, 0.3) is 10.0 Å². The lowest BCUT2D eigenvalue weighted by atomic mass is 10.2. The van der Waals surface area contributed by atoms with Crippen LogP contribution in [0, 0.1) is 6.92 Å². The SMILES string of the molecule is Cc1ccc(S(=O)(=O)Nc2ccc(C(=O)O)cn2)c(Br)c1. The van der Waals surface area contributed by atoms with E-state index in [2.05, 4.69) is 25.6 Å². The summed E-state index contributed by atoms with van der Waals surface area (Å²) in [5.74, 6) is -1.08. The summed E-state index contributed by atoms with van der Waals surface area (Å²) < 4.78 is 27.3. The number of hydrogen-bond donors (Lipinski definition) is 2. The molecule has 2 rings (SSSR count). The number of pyridine rings is 1. The zero-order valence-electron chi connectivity index (χ0n) is 10.9. The Hall–Kier alpha value is -1.93. The van der Waals surface area contributed by atoms with Crippen molar-refractivity contribution in [2.75, 3.05) is 4.72 Å². The highest BCUT2D eigenvalue weighted by atomic mass is 79.9. The van der Waals surface area contributed by atoms with Crippen molar-refractivity contribution in [3.8, 4) is 0 Å². The molecule has 0 aliphatic carbocycles. The summed E-state index contributed by atoms with van der Waals surface area (Å²) in [7, 11) is -3.80. The molecule has 0 aliphatic heterocycles. The van der Waals surface area contributed by atoms with E-state index in [0.717, 1.165) is 11.8 Å². The van der Waals surface area contributed by atoms with Crippen LogP contribution in [-0.2, 0) is 10.0 Å². The minimum atomic E-state index is -3.80. The topological polar surface area (TPSA) is 96.4 Å². The van der Waals surface area contributed by atoms with Crippen LogP contribution in [0.15, 0.2) is 45.9 Å². The molecule has 2 aromatic rings. The average Bonchev–Trinajstić information content (AvgIpc) is 2.38.